The zero-order chi connectivity index (χ0) is 23.1. The van der Waals surface area contributed by atoms with Crippen molar-refractivity contribution in [2.24, 2.45) is 0 Å². The Kier molecular flexibility index (Phi) is 5.37. The van der Waals surface area contributed by atoms with Crippen molar-refractivity contribution in [1.29, 1.82) is 0 Å². The van der Waals surface area contributed by atoms with Crippen LogP contribution in [0.15, 0.2) is 42.7 Å². The largest absolute Gasteiger partial charge is 0.461 e. The van der Waals surface area contributed by atoms with Crippen LogP contribution in [0.4, 0.5) is 0 Å². The van der Waals surface area contributed by atoms with E-state index in [1.807, 2.05) is 0 Å². The van der Waals surface area contributed by atoms with Crippen LogP contribution in [0.2, 0.25) is 18.1 Å². The highest BCUT2D eigenvalue weighted by Crippen LogP contribution is 2.36. The molecule has 0 aliphatic rings. The van der Waals surface area contributed by atoms with Crippen LogP contribution in [-0.4, -0.2) is 40.6 Å². The maximum Gasteiger partial charge on any atom is 0.360 e. The highest BCUT2D eigenvalue weighted by Gasteiger charge is 2.41. The van der Waals surface area contributed by atoms with Gasteiger partial charge in [0.15, 0.2) is 36.4 Å². The molecule has 0 unspecified atom stereocenters. The minimum Gasteiger partial charge on any atom is -0.461 e. The molecule has 4 rings (SSSR count). The van der Waals surface area contributed by atoms with Crippen LogP contribution in [-0.2, 0) is 4.74 Å². The predicted octanol–water partition coefficient (Wildman–Crippen LogP) is 4.53. The molecule has 11 heteroatoms. The molecule has 4 aromatic heterocycles. The van der Waals surface area contributed by atoms with Crippen molar-refractivity contribution in [3.8, 4) is 34.8 Å². The van der Waals surface area contributed by atoms with Crippen LogP contribution < -0.4 is 5.51 Å². The topological polar surface area (TPSA) is 130 Å². The fourth-order valence-electron chi connectivity index (χ4n) is 2.65. The summed E-state index contributed by atoms with van der Waals surface area (Å²) in [6.45, 7) is 13.0. The molecule has 0 aliphatic carbocycles. The highest BCUT2D eigenvalue weighted by molar-refractivity contribution is 6.90. The number of oxazole rings is 4. The molecule has 0 aliphatic heterocycles. The summed E-state index contributed by atoms with van der Waals surface area (Å²) in [4.78, 5) is 29.2. The predicted molar refractivity (Wildman–Crippen MR) is 116 cm³/mol. The monoisotopic (exact) mass is 456 g/mol. The molecule has 0 saturated heterocycles. The number of aromatic nitrogens is 4. The van der Waals surface area contributed by atoms with Crippen molar-refractivity contribution < 1.29 is 27.2 Å². The quantitative estimate of drug-likeness (QED) is 0.301. The normalized spacial score (nSPS) is 12.3. The van der Waals surface area contributed by atoms with E-state index in [1.165, 1.54) is 18.8 Å². The average molecular weight is 457 g/mol. The second-order valence-corrected chi connectivity index (χ2v) is 13.9. The summed E-state index contributed by atoms with van der Waals surface area (Å²) in [7, 11) is -1.92. The number of hydrogen-bond donors (Lipinski definition) is 0. The minimum absolute atomic E-state index is 0.0543. The van der Waals surface area contributed by atoms with E-state index in [0.29, 0.717) is 23.0 Å². The summed E-state index contributed by atoms with van der Waals surface area (Å²) in [5.41, 5.74) is 1.98. The van der Waals surface area contributed by atoms with Crippen molar-refractivity contribution in [1.82, 2.24) is 19.9 Å². The first-order valence-electron chi connectivity index (χ1n) is 10.1. The Morgan fingerprint density at radius 3 is 1.91 bits per heavy atom. The molecular formula is C21H24N4O6Si. The van der Waals surface area contributed by atoms with Crippen molar-refractivity contribution in [2.45, 2.75) is 45.8 Å². The maximum atomic E-state index is 11.7. The van der Waals surface area contributed by atoms with Crippen molar-refractivity contribution in [3.05, 3.63) is 30.7 Å². The fourth-order valence-corrected chi connectivity index (χ4v) is 4.04. The number of ether oxygens (including phenoxy) is 1. The van der Waals surface area contributed by atoms with Gasteiger partial charge >= 0.3 is 5.97 Å². The SMILES string of the molecule is CCOC(=O)c1coc(-c2coc(-c3coc(-c4coc([Si](C)(C)C(C)(C)C)n4)n3)n2)n1. The first-order valence-corrected chi connectivity index (χ1v) is 13.1. The maximum absolute atomic E-state index is 11.7. The third-order valence-electron chi connectivity index (χ3n) is 5.57. The zero-order valence-corrected chi connectivity index (χ0v) is 19.8. The molecule has 0 atom stereocenters. The van der Waals surface area contributed by atoms with Crippen molar-refractivity contribution in [2.75, 3.05) is 6.61 Å². The molecule has 0 saturated carbocycles. The number of esters is 1. The standard InChI is InChI=1S/C21H24N4O6Si/c1-7-27-19(26)15-11-30-17(24-15)13-9-28-16(22-13)12-8-29-18(23-12)14-10-31-20(25-14)32(5,6)21(2,3)4/h8-11H,7H2,1-6H3. The summed E-state index contributed by atoms with van der Waals surface area (Å²) in [5, 5.41) is 0.0817. The molecule has 168 valence electrons. The fraction of sp³-hybridized carbons (Fsp3) is 0.381. The van der Waals surface area contributed by atoms with Gasteiger partial charge < -0.3 is 22.4 Å². The van der Waals surface area contributed by atoms with Gasteiger partial charge in [-0.1, -0.05) is 33.9 Å². The first-order chi connectivity index (χ1) is 15.1. The molecule has 0 amide bonds. The van der Waals surface area contributed by atoms with Gasteiger partial charge in [-0.15, -0.1) is 0 Å². The molecule has 0 aromatic carbocycles. The highest BCUT2D eigenvalue weighted by atomic mass is 28.3. The smallest absolute Gasteiger partial charge is 0.360 e. The van der Waals surface area contributed by atoms with Crippen LogP contribution >= 0.6 is 0 Å². The lowest BCUT2D eigenvalue weighted by Crippen LogP contribution is -2.50. The number of carbonyl (C=O) groups excluding carboxylic acids is 1. The Morgan fingerprint density at radius 2 is 1.34 bits per heavy atom. The van der Waals surface area contributed by atoms with E-state index in [0.717, 1.165) is 5.51 Å². The van der Waals surface area contributed by atoms with Crippen molar-refractivity contribution in [3.63, 3.8) is 0 Å². The van der Waals surface area contributed by atoms with E-state index < -0.39 is 14.0 Å². The summed E-state index contributed by atoms with van der Waals surface area (Å²) in [6.07, 6.45) is 5.54. The Morgan fingerprint density at radius 1 is 0.844 bits per heavy atom. The molecule has 32 heavy (non-hydrogen) atoms. The van der Waals surface area contributed by atoms with Gasteiger partial charge in [0.05, 0.1) is 6.61 Å². The van der Waals surface area contributed by atoms with Gasteiger partial charge in [-0.05, 0) is 12.0 Å². The number of carbonyl (C=O) groups is 1. The molecule has 10 nitrogen and oxygen atoms in total. The van der Waals surface area contributed by atoms with Gasteiger partial charge in [-0.25, -0.2) is 24.7 Å². The van der Waals surface area contributed by atoms with Crippen LogP contribution in [0.3, 0.4) is 0 Å². The van der Waals surface area contributed by atoms with E-state index in [-0.39, 0.29) is 29.1 Å². The lowest BCUT2D eigenvalue weighted by molar-refractivity contribution is 0.0519. The Bertz CT molecular complexity index is 1240. The average Bonchev–Trinajstić information content (AvgIpc) is 3.53. The lowest BCUT2D eigenvalue weighted by atomic mass is 10.2. The first kappa shape index (κ1) is 21.7. The van der Waals surface area contributed by atoms with E-state index in [4.69, 9.17) is 22.4 Å². The van der Waals surface area contributed by atoms with E-state index in [2.05, 4.69) is 53.8 Å². The van der Waals surface area contributed by atoms with E-state index in [9.17, 15) is 4.79 Å². The molecule has 0 fully saturated rings. The van der Waals surface area contributed by atoms with Gasteiger partial charge in [0.25, 0.3) is 0 Å². The second kappa shape index (κ2) is 7.90. The summed E-state index contributed by atoms with van der Waals surface area (Å²) in [6, 6.07) is 0. The van der Waals surface area contributed by atoms with Gasteiger partial charge in [0.1, 0.15) is 25.1 Å². The third kappa shape index (κ3) is 3.91. The Hall–Kier alpha value is -3.47. The van der Waals surface area contributed by atoms with Crippen molar-refractivity contribution >= 4 is 19.6 Å². The number of hydrogen-bond acceptors (Lipinski definition) is 10. The van der Waals surface area contributed by atoms with Gasteiger partial charge in [0, 0.05) is 0 Å². The molecule has 0 N–H and O–H groups in total. The van der Waals surface area contributed by atoms with Crippen LogP contribution in [0.1, 0.15) is 38.2 Å². The second-order valence-electron chi connectivity index (χ2n) is 8.75. The number of rotatable bonds is 6. The molecule has 0 bridgehead atoms. The summed E-state index contributed by atoms with van der Waals surface area (Å²) < 4.78 is 27.0. The van der Waals surface area contributed by atoms with Crippen LogP contribution in [0.25, 0.3) is 34.8 Å². The Balaban J connectivity index is 1.55. The Labute approximate surface area is 185 Å². The zero-order valence-electron chi connectivity index (χ0n) is 18.8. The molecule has 4 aromatic rings. The molecule has 0 spiro atoms. The van der Waals surface area contributed by atoms with E-state index >= 15 is 0 Å². The van der Waals surface area contributed by atoms with Gasteiger partial charge in [-0.2, -0.15) is 0 Å². The van der Waals surface area contributed by atoms with E-state index in [1.54, 1.807) is 13.2 Å². The van der Waals surface area contributed by atoms with Gasteiger partial charge in [0.2, 0.25) is 17.7 Å². The van der Waals surface area contributed by atoms with Crippen LogP contribution in [0, 0.1) is 0 Å². The lowest BCUT2D eigenvalue weighted by Gasteiger charge is -2.33. The van der Waals surface area contributed by atoms with Gasteiger partial charge in [-0.3, -0.25) is 0 Å². The molecule has 0 radical (unpaired) electrons. The molecular weight excluding hydrogens is 432 g/mol. The minimum atomic E-state index is -1.92. The summed E-state index contributed by atoms with van der Waals surface area (Å²) in [5.74, 6) is 0.0625. The van der Waals surface area contributed by atoms with Crippen LogP contribution in [0.5, 0.6) is 0 Å². The third-order valence-corrected chi connectivity index (χ3v) is 10.6. The number of nitrogens with zero attached hydrogens (tertiary/aromatic N) is 4. The molecule has 4 heterocycles. The summed E-state index contributed by atoms with van der Waals surface area (Å²) >= 11 is 0.